The SMILES string of the molecule is CC[C@H](C)[C@H](NC(=O)[C@H](CO)CC(=O)[C@H](Cc1ccc(O)cc1)NC(=O)[C@H](CC(=O)O)CC(=O)[C@H](CO)NC(=O)[C@@H](CC(=O)[C@H](Cc1ccccc1)NC(=O)[C@@H](CC(=O)CNC(=O)[C@H](CCC(=O)O)CC(=O)CSCC(=O)CCCN1NCCC1=O)[C@@H](C)O)[C@@H](C)O)C(=O)C[C@@H](Cc1ccc(O)cc1)C(=O)N[C@@H](CC(C)C)C(=O)C[C@@H](CC(=O)O)C(=O)N[C@H](C)CCCCN. The van der Waals surface area contributed by atoms with Gasteiger partial charge in [-0.1, -0.05) is 95.1 Å². The van der Waals surface area contributed by atoms with E-state index in [2.05, 4.69) is 42.6 Å². The van der Waals surface area contributed by atoms with Crippen molar-refractivity contribution in [3.63, 3.8) is 0 Å². The summed E-state index contributed by atoms with van der Waals surface area (Å²) in [6, 6.07) is 10.5. The maximum atomic E-state index is 14.8. The molecule has 0 aliphatic carbocycles. The number of amides is 8. The third kappa shape index (κ3) is 40.9. The van der Waals surface area contributed by atoms with E-state index >= 15 is 0 Å². The van der Waals surface area contributed by atoms with Crippen LogP contribution in [0.15, 0.2) is 78.9 Å². The molecule has 0 radical (unpaired) electrons. The number of thioether (sulfide) groups is 1. The van der Waals surface area contributed by atoms with Gasteiger partial charge in [-0.15, -0.1) is 11.8 Å². The average molecular weight is 1840 g/mol. The molecule has 3 aromatic carbocycles. The number of phenolic OH excluding ortho intramolecular Hbond substituents is 2. The van der Waals surface area contributed by atoms with Crippen molar-refractivity contribution in [3.05, 3.63) is 95.6 Å². The number of hydrogen-bond donors (Lipinski definition) is 18. The molecule has 0 unspecified atom stereocenters. The van der Waals surface area contributed by atoms with E-state index in [1.54, 1.807) is 65.0 Å². The topological polar surface area (TPSA) is 632 Å². The third-order valence-electron chi connectivity index (χ3n) is 22.5. The number of carboxylic acid groups (broad SMARTS) is 3. The molecule has 19 N–H and O–H groups in total. The first-order valence-electron chi connectivity index (χ1n) is 43.9. The zero-order valence-electron chi connectivity index (χ0n) is 74.7. The van der Waals surface area contributed by atoms with Crippen molar-refractivity contribution < 1.29 is 137 Å². The molecule has 1 aliphatic heterocycles. The average Bonchev–Trinajstić information content (AvgIpc) is 1.82. The Hall–Kier alpha value is -11.1. The van der Waals surface area contributed by atoms with E-state index in [9.17, 15) is 137 Å². The molecule has 718 valence electrons. The third-order valence-corrected chi connectivity index (χ3v) is 23.5. The van der Waals surface area contributed by atoms with Crippen LogP contribution in [-0.4, -0.2) is 262 Å². The second kappa shape index (κ2) is 57.8. The Bertz CT molecular complexity index is 4320. The molecule has 0 spiro atoms. The number of nitrogens with zero attached hydrogens (tertiary/aromatic N) is 1. The van der Waals surface area contributed by atoms with Crippen LogP contribution in [0.4, 0.5) is 0 Å². The summed E-state index contributed by atoms with van der Waals surface area (Å²) in [5.41, 5.74) is 9.68. The molecule has 1 aliphatic rings. The molecule has 39 heteroatoms. The minimum absolute atomic E-state index is 0.0257. The van der Waals surface area contributed by atoms with E-state index in [4.69, 9.17) is 5.73 Å². The van der Waals surface area contributed by atoms with E-state index in [1.807, 2.05) is 0 Å². The summed E-state index contributed by atoms with van der Waals surface area (Å²) in [6.45, 7) is 9.00. The molecular formula is C91H130N10O28S. The van der Waals surface area contributed by atoms with Crippen LogP contribution in [0.5, 0.6) is 11.5 Å². The molecular weight excluding hydrogens is 1710 g/mol. The zero-order chi connectivity index (χ0) is 97.0. The number of carbonyl (C=O) groups is 19. The van der Waals surface area contributed by atoms with Crippen molar-refractivity contribution in [2.75, 3.05) is 50.9 Å². The first kappa shape index (κ1) is 111. The van der Waals surface area contributed by atoms with Crippen molar-refractivity contribution in [3.8, 4) is 11.5 Å². The lowest BCUT2D eigenvalue weighted by Gasteiger charge is -2.28. The Morgan fingerprint density at radius 1 is 0.454 bits per heavy atom. The van der Waals surface area contributed by atoms with E-state index in [0.29, 0.717) is 62.9 Å². The summed E-state index contributed by atoms with van der Waals surface area (Å²) in [6.07, 6.45) is -9.21. The van der Waals surface area contributed by atoms with Gasteiger partial charge in [0.2, 0.25) is 47.3 Å². The summed E-state index contributed by atoms with van der Waals surface area (Å²) in [5, 5.41) is 112. The maximum Gasteiger partial charge on any atom is 0.304 e. The van der Waals surface area contributed by atoms with E-state index in [1.165, 1.54) is 53.5 Å². The van der Waals surface area contributed by atoms with Gasteiger partial charge in [-0.3, -0.25) is 96.1 Å². The first-order chi connectivity index (χ1) is 61.4. The lowest BCUT2D eigenvalue weighted by atomic mass is 9.85. The molecule has 1 fully saturated rings. The van der Waals surface area contributed by atoms with Crippen molar-refractivity contribution in [2.45, 2.75) is 238 Å². The Kier molecular flexibility index (Phi) is 49.5. The number of ketones is 8. The fraction of sp³-hybridized carbons (Fsp3) is 0.593. The van der Waals surface area contributed by atoms with E-state index < -0.39 is 280 Å². The van der Waals surface area contributed by atoms with Gasteiger partial charge in [-0.25, -0.2) is 5.43 Å². The van der Waals surface area contributed by atoms with Gasteiger partial charge in [0.1, 0.15) is 29.1 Å². The standard InChI is InChI=1S/C91H130N10O28S/c1-8-52(4)84(79(115)40-60(34-57-19-24-64(106)25-20-57)87(125)96-71(33-51(2)3)75(111)38-61(42-82(119)120)86(124)95-53(5)15-12-13-30-92)100-89(127)63(47-102)41-76(112)72(36-58-21-26-65(107)27-22-58)97-88(126)62(43-83(121)122)39-77(113)74(48-103)99-91(129)70(55(7)105)45-78(114)73(35-56-16-10-9-11-17-56)98-90(128)69(54(6)104)44-67(109)46-93-85(123)59(23-28-81(117)118)37-68(110)50-130-49-66(108)18-14-32-101-80(116)29-31-94-101/h9-11,16-17,19-22,24-27,51-55,59-63,69-74,84,94,102-107H,8,12-15,18,23,28-50,92H2,1-7H3,(H,93,123)(H,95,124)(H,96,125)(H,97,126)(H,98,128)(H,99,129)(H,100,127)(H,117,118)(H,119,120)(H,121,122)/t52-,53+,54+,55+,59+,60+,61-,62-,63-,69-,70-,71-,72-,73-,74-,84-/m0/s1. The van der Waals surface area contributed by atoms with Gasteiger partial charge in [0.05, 0.1) is 110 Å². The lowest BCUT2D eigenvalue weighted by Crippen LogP contribution is -2.52. The van der Waals surface area contributed by atoms with Crippen molar-refractivity contribution in [1.29, 1.82) is 0 Å². The van der Waals surface area contributed by atoms with Crippen LogP contribution in [0.3, 0.4) is 0 Å². The Balaban J connectivity index is 1.53. The molecule has 38 nitrogen and oxygen atoms in total. The molecule has 1 heterocycles. The number of Topliss-reactive ketones (excluding diaryl/α,β-unsaturated/α-hetero) is 8. The highest BCUT2D eigenvalue weighted by molar-refractivity contribution is 8.00. The van der Waals surface area contributed by atoms with Gasteiger partial charge >= 0.3 is 17.9 Å². The van der Waals surface area contributed by atoms with Crippen LogP contribution in [0.1, 0.15) is 187 Å². The quantitative estimate of drug-likeness (QED) is 0.0358. The number of nitrogens with one attached hydrogen (secondary N) is 8. The van der Waals surface area contributed by atoms with Gasteiger partial charge in [-0.05, 0) is 131 Å². The van der Waals surface area contributed by atoms with Crippen LogP contribution in [0.25, 0.3) is 0 Å². The highest BCUT2D eigenvalue weighted by Gasteiger charge is 2.41. The van der Waals surface area contributed by atoms with Gasteiger partial charge in [0.15, 0.2) is 34.7 Å². The molecule has 3 aromatic rings. The number of phenols is 2. The molecule has 0 saturated carbocycles. The number of rotatable bonds is 67. The van der Waals surface area contributed by atoms with Gasteiger partial charge in [-0.2, -0.15) is 0 Å². The maximum absolute atomic E-state index is 14.8. The Morgan fingerprint density at radius 3 is 1.45 bits per heavy atom. The van der Waals surface area contributed by atoms with Gasteiger partial charge in [0, 0.05) is 95.2 Å². The summed E-state index contributed by atoms with van der Waals surface area (Å²) < 4.78 is 0. The summed E-state index contributed by atoms with van der Waals surface area (Å²) in [4.78, 5) is 259. The van der Waals surface area contributed by atoms with E-state index in [-0.39, 0.29) is 90.7 Å². The van der Waals surface area contributed by atoms with Crippen LogP contribution in [-0.2, 0) is 110 Å². The van der Waals surface area contributed by atoms with Crippen LogP contribution >= 0.6 is 11.8 Å². The zero-order valence-corrected chi connectivity index (χ0v) is 75.6. The predicted molar refractivity (Wildman–Crippen MR) is 472 cm³/mol. The second-order valence-corrected chi connectivity index (χ2v) is 34.9. The number of aromatic hydroxyl groups is 2. The molecule has 0 aromatic heterocycles. The minimum atomic E-state index is -1.99. The number of hydrogen-bond acceptors (Lipinski definition) is 28. The number of aliphatic hydroxyl groups is 4. The Labute approximate surface area is 759 Å². The van der Waals surface area contributed by atoms with Crippen molar-refractivity contribution in [2.24, 2.45) is 59.0 Å². The van der Waals surface area contributed by atoms with E-state index in [0.717, 1.165) is 25.6 Å². The van der Waals surface area contributed by atoms with Gasteiger partial charge in [0.25, 0.3) is 0 Å². The highest BCUT2D eigenvalue weighted by Crippen LogP contribution is 2.27. The predicted octanol–water partition coefficient (Wildman–Crippen LogP) is 1.80. The monoisotopic (exact) mass is 1840 g/mol. The molecule has 1 saturated heterocycles. The largest absolute Gasteiger partial charge is 0.508 e. The highest BCUT2D eigenvalue weighted by atomic mass is 32.2. The molecule has 4 rings (SSSR count). The molecule has 16 atom stereocenters. The smallest absolute Gasteiger partial charge is 0.304 e. The number of hydrazine groups is 1. The fourth-order valence-corrected chi connectivity index (χ4v) is 15.5. The minimum Gasteiger partial charge on any atom is -0.508 e. The number of carboxylic acids is 3. The van der Waals surface area contributed by atoms with Crippen molar-refractivity contribution in [1.82, 2.24) is 47.7 Å². The summed E-state index contributed by atoms with van der Waals surface area (Å²) in [7, 11) is 0. The number of aliphatic hydroxyl groups excluding tert-OH is 4. The van der Waals surface area contributed by atoms with Gasteiger partial charge < -0.3 is 88.9 Å². The van der Waals surface area contributed by atoms with Crippen LogP contribution < -0.4 is 48.4 Å². The molecule has 8 amide bonds. The number of benzene rings is 3. The van der Waals surface area contributed by atoms with Crippen LogP contribution in [0.2, 0.25) is 0 Å². The molecule has 0 bridgehead atoms. The van der Waals surface area contributed by atoms with Crippen molar-refractivity contribution >= 4 is 123 Å². The van der Waals surface area contributed by atoms with Crippen LogP contribution in [0, 0.1) is 53.3 Å². The Morgan fingerprint density at radius 2 is 0.931 bits per heavy atom. The molecule has 130 heavy (non-hydrogen) atoms. The number of aliphatic carboxylic acids is 3. The first-order valence-corrected chi connectivity index (χ1v) is 45.0. The summed E-state index contributed by atoms with van der Waals surface area (Å²) in [5.74, 6) is -29.9. The number of carbonyl (C=O) groups excluding carboxylic acids is 16. The fourth-order valence-electron chi connectivity index (χ4n) is 14.7. The normalized spacial score (nSPS) is 15.7. The lowest BCUT2D eigenvalue weighted by molar-refractivity contribution is -0.143. The number of unbranched alkanes of at least 4 members (excludes halogenated alkanes) is 1. The number of nitrogens with two attached hydrogens (primary N) is 1. The summed E-state index contributed by atoms with van der Waals surface area (Å²) >= 11 is 0.990. The second-order valence-electron chi connectivity index (χ2n) is 33.9.